The molecule has 16 heavy (non-hydrogen) atoms. The molecular weight excluding hydrogens is 206 g/mol. The number of methoxy groups -OCH3 is 1. The molecule has 0 heterocycles. The maximum atomic E-state index is 11.5. The Bertz CT molecular complexity index is 346. The van der Waals surface area contributed by atoms with Crippen molar-refractivity contribution in [2.24, 2.45) is 5.73 Å². The maximum absolute atomic E-state index is 11.5. The van der Waals surface area contributed by atoms with E-state index in [0.717, 1.165) is 5.75 Å². The fourth-order valence-electron chi connectivity index (χ4n) is 1.25. The Kier molecular flexibility index (Phi) is 4.31. The average Bonchev–Trinajstić information content (AvgIpc) is 2.27. The van der Waals surface area contributed by atoms with Crippen LogP contribution < -0.4 is 10.5 Å². The van der Waals surface area contributed by atoms with Gasteiger partial charge in [0.15, 0.2) is 0 Å². The van der Waals surface area contributed by atoms with Crippen LogP contribution in [0.15, 0.2) is 24.3 Å². The zero-order chi connectivity index (χ0) is 12.1. The Labute approximate surface area is 95.3 Å². The third kappa shape index (κ3) is 3.24. The Balaban J connectivity index is 2.72. The molecule has 0 aromatic heterocycles. The minimum atomic E-state index is -0.742. The fourth-order valence-corrected chi connectivity index (χ4v) is 1.25. The lowest BCUT2D eigenvalue weighted by molar-refractivity contribution is -0.149. The van der Waals surface area contributed by atoms with Crippen molar-refractivity contribution in [2.45, 2.75) is 26.0 Å². The normalized spacial score (nSPS) is 12.3. The lowest BCUT2D eigenvalue weighted by Gasteiger charge is -2.14. The highest BCUT2D eigenvalue weighted by molar-refractivity contribution is 5.77. The molecule has 2 N–H and O–H groups in total. The molecule has 1 rings (SSSR count). The SMILES string of the molecule is COc1ccc([C@H](N)C(=O)OC(C)C)cc1. The van der Waals surface area contributed by atoms with Gasteiger partial charge in [0, 0.05) is 0 Å². The first kappa shape index (κ1) is 12.5. The standard InChI is InChI=1S/C12H17NO3/c1-8(2)16-12(14)11(13)9-4-6-10(15-3)7-5-9/h4-8,11H,13H2,1-3H3/t11-/m0/s1. The second-order valence-electron chi connectivity index (χ2n) is 3.74. The van der Waals surface area contributed by atoms with Gasteiger partial charge in [0.25, 0.3) is 0 Å². The molecule has 1 aromatic rings. The number of benzene rings is 1. The molecule has 0 spiro atoms. The van der Waals surface area contributed by atoms with E-state index in [4.69, 9.17) is 15.2 Å². The van der Waals surface area contributed by atoms with E-state index in [1.54, 1.807) is 45.2 Å². The number of carbonyl (C=O) groups is 1. The first-order valence-corrected chi connectivity index (χ1v) is 5.14. The Morgan fingerprint density at radius 3 is 2.25 bits per heavy atom. The van der Waals surface area contributed by atoms with Gasteiger partial charge < -0.3 is 15.2 Å². The monoisotopic (exact) mass is 223 g/mol. The third-order valence-electron chi connectivity index (χ3n) is 2.08. The number of esters is 1. The van der Waals surface area contributed by atoms with Crippen LogP contribution in [-0.2, 0) is 9.53 Å². The summed E-state index contributed by atoms with van der Waals surface area (Å²) in [6.45, 7) is 3.58. The van der Waals surface area contributed by atoms with Gasteiger partial charge in [0.1, 0.15) is 11.8 Å². The van der Waals surface area contributed by atoms with Crippen molar-refractivity contribution in [2.75, 3.05) is 7.11 Å². The zero-order valence-corrected chi connectivity index (χ0v) is 9.77. The predicted molar refractivity (Wildman–Crippen MR) is 61.2 cm³/mol. The van der Waals surface area contributed by atoms with Gasteiger partial charge in [-0.25, -0.2) is 4.79 Å². The van der Waals surface area contributed by atoms with Crippen LogP contribution in [-0.4, -0.2) is 19.2 Å². The summed E-state index contributed by atoms with van der Waals surface area (Å²) in [6.07, 6.45) is -0.156. The molecule has 1 atom stereocenters. The second kappa shape index (κ2) is 5.51. The Hall–Kier alpha value is -1.55. The lowest BCUT2D eigenvalue weighted by Crippen LogP contribution is -2.26. The number of nitrogens with two attached hydrogens (primary N) is 1. The smallest absolute Gasteiger partial charge is 0.327 e. The van der Waals surface area contributed by atoms with E-state index in [1.807, 2.05) is 0 Å². The highest BCUT2D eigenvalue weighted by Crippen LogP contribution is 2.17. The summed E-state index contributed by atoms with van der Waals surface area (Å²) >= 11 is 0. The van der Waals surface area contributed by atoms with Crippen LogP contribution in [0.5, 0.6) is 5.75 Å². The van der Waals surface area contributed by atoms with Crippen molar-refractivity contribution in [3.63, 3.8) is 0 Å². The molecule has 4 heteroatoms. The van der Waals surface area contributed by atoms with E-state index in [0.29, 0.717) is 5.56 Å². The number of rotatable bonds is 4. The third-order valence-corrected chi connectivity index (χ3v) is 2.08. The van der Waals surface area contributed by atoms with Gasteiger partial charge in [-0.1, -0.05) is 12.1 Å². The summed E-state index contributed by atoms with van der Waals surface area (Å²) in [5, 5.41) is 0. The van der Waals surface area contributed by atoms with Crippen molar-refractivity contribution in [3.8, 4) is 5.75 Å². The van der Waals surface area contributed by atoms with Crippen LogP contribution in [0.3, 0.4) is 0 Å². The van der Waals surface area contributed by atoms with Gasteiger partial charge in [-0.05, 0) is 31.5 Å². The van der Waals surface area contributed by atoms with Gasteiger partial charge in [0.2, 0.25) is 0 Å². The molecule has 0 aliphatic heterocycles. The molecule has 4 nitrogen and oxygen atoms in total. The van der Waals surface area contributed by atoms with E-state index in [1.165, 1.54) is 0 Å². The first-order chi connectivity index (χ1) is 7.54. The summed E-state index contributed by atoms with van der Waals surface area (Å²) in [4.78, 5) is 11.5. The highest BCUT2D eigenvalue weighted by Gasteiger charge is 2.18. The van der Waals surface area contributed by atoms with Crippen LogP contribution in [0.1, 0.15) is 25.5 Å². The summed E-state index contributed by atoms with van der Waals surface area (Å²) in [7, 11) is 1.59. The van der Waals surface area contributed by atoms with Crippen molar-refractivity contribution < 1.29 is 14.3 Å². The maximum Gasteiger partial charge on any atom is 0.327 e. The second-order valence-corrected chi connectivity index (χ2v) is 3.74. The van der Waals surface area contributed by atoms with Crippen molar-refractivity contribution >= 4 is 5.97 Å². The average molecular weight is 223 g/mol. The molecule has 0 aliphatic carbocycles. The van der Waals surface area contributed by atoms with Crippen LogP contribution in [0.25, 0.3) is 0 Å². The summed E-state index contributed by atoms with van der Waals surface area (Å²) in [6, 6.07) is 6.29. The summed E-state index contributed by atoms with van der Waals surface area (Å²) in [5.41, 5.74) is 6.48. The number of hydrogen-bond acceptors (Lipinski definition) is 4. The summed E-state index contributed by atoms with van der Waals surface area (Å²) < 4.78 is 10.0. The van der Waals surface area contributed by atoms with Gasteiger partial charge >= 0.3 is 5.97 Å². The molecule has 0 bridgehead atoms. The van der Waals surface area contributed by atoms with Crippen LogP contribution >= 0.6 is 0 Å². The van der Waals surface area contributed by atoms with E-state index in [2.05, 4.69) is 0 Å². The van der Waals surface area contributed by atoms with Crippen LogP contribution in [0, 0.1) is 0 Å². The Morgan fingerprint density at radius 2 is 1.81 bits per heavy atom. The predicted octanol–water partition coefficient (Wildman–Crippen LogP) is 1.65. The van der Waals surface area contributed by atoms with E-state index < -0.39 is 12.0 Å². The lowest BCUT2D eigenvalue weighted by atomic mass is 10.1. The topological polar surface area (TPSA) is 61.5 Å². The number of hydrogen-bond donors (Lipinski definition) is 1. The van der Waals surface area contributed by atoms with Crippen molar-refractivity contribution in [1.29, 1.82) is 0 Å². The van der Waals surface area contributed by atoms with E-state index in [9.17, 15) is 4.79 Å². The quantitative estimate of drug-likeness (QED) is 0.788. The molecule has 0 saturated carbocycles. The Morgan fingerprint density at radius 1 is 1.25 bits per heavy atom. The van der Waals surface area contributed by atoms with Crippen LogP contribution in [0.4, 0.5) is 0 Å². The molecule has 0 fully saturated rings. The summed E-state index contributed by atoms with van der Waals surface area (Å²) in [5.74, 6) is 0.313. The minimum Gasteiger partial charge on any atom is -0.497 e. The van der Waals surface area contributed by atoms with Crippen molar-refractivity contribution in [1.82, 2.24) is 0 Å². The largest absolute Gasteiger partial charge is 0.497 e. The van der Waals surface area contributed by atoms with Gasteiger partial charge in [-0.2, -0.15) is 0 Å². The molecule has 1 aromatic carbocycles. The van der Waals surface area contributed by atoms with Crippen molar-refractivity contribution in [3.05, 3.63) is 29.8 Å². The zero-order valence-electron chi connectivity index (χ0n) is 9.77. The molecule has 0 aliphatic rings. The molecule has 0 saturated heterocycles. The number of ether oxygens (including phenoxy) is 2. The van der Waals surface area contributed by atoms with E-state index >= 15 is 0 Å². The van der Waals surface area contributed by atoms with Gasteiger partial charge in [-0.3, -0.25) is 0 Å². The van der Waals surface area contributed by atoms with Gasteiger partial charge in [0.05, 0.1) is 13.2 Å². The molecule has 0 unspecified atom stereocenters. The molecule has 0 amide bonds. The molecule has 88 valence electrons. The molecular formula is C12H17NO3. The molecule has 0 radical (unpaired) electrons. The first-order valence-electron chi connectivity index (χ1n) is 5.14. The fraction of sp³-hybridized carbons (Fsp3) is 0.417. The van der Waals surface area contributed by atoms with Gasteiger partial charge in [-0.15, -0.1) is 0 Å². The van der Waals surface area contributed by atoms with Crippen LogP contribution in [0.2, 0.25) is 0 Å². The highest BCUT2D eigenvalue weighted by atomic mass is 16.5. The number of carbonyl (C=O) groups excluding carboxylic acids is 1. The minimum absolute atomic E-state index is 0.156. The van der Waals surface area contributed by atoms with E-state index in [-0.39, 0.29) is 6.10 Å².